The number of aryl methyl sites for hydroxylation is 2. The Labute approximate surface area is 481 Å². The van der Waals surface area contributed by atoms with E-state index in [9.17, 15) is 19.5 Å². The molecular formula is C67H75N11O4. The molecule has 1 aromatic heterocycles. The third-order valence-corrected chi connectivity index (χ3v) is 17.6. The van der Waals surface area contributed by atoms with E-state index in [1.54, 1.807) is 48.2 Å². The van der Waals surface area contributed by atoms with Gasteiger partial charge in [0, 0.05) is 79.5 Å². The smallest absolute Gasteiger partial charge is 0.254 e. The highest BCUT2D eigenvalue weighted by atomic mass is 16.3. The molecule has 2 atom stereocenters. The fourth-order valence-corrected chi connectivity index (χ4v) is 13.6. The van der Waals surface area contributed by atoms with Crippen molar-refractivity contribution < 1.29 is 19.5 Å². The van der Waals surface area contributed by atoms with Gasteiger partial charge in [-0.3, -0.25) is 19.3 Å². The van der Waals surface area contributed by atoms with Crippen molar-refractivity contribution in [2.75, 3.05) is 44.7 Å². The first-order valence-electron chi connectivity index (χ1n) is 29.3. The molecule has 82 heavy (non-hydrogen) atoms. The van der Waals surface area contributed by atoms with Crippen LogP contribution in [0, 0.1) is 12.8 Å². The number of nitrogens with zero attached hydrogens (tertiary/aromatic N) is 9. The molecule has 1 fully saturated rings. The van der Waals surface area contributed by atoms with Crippen LogP contribution in [0.5, 0.6) is 5.75 Å². The summed E-state index contributed by atoms with van der Waals surface area (Å²) in [5.74, 6) is 0.913. The Morgan fingerprint density at radius 1 is 0.841 bits per heavy atom. The van der Waals surface area contributed by atoms with Crippen LogP contribution < -0.4 is 15.5 Å². The SMILES string of the molecule is CCN1C2C=C3C(=C(c4ccccc4C(=O)N(C)CCCC(=O)NCCc4ccc(N=Nc5ccc(C(=O)NCc6ccc(-c7nnc(C)nn7)cc6)cc5)c(O)c4)c4cc5c6c(c4C3(C)C)CCCN6CCC5)C=C2C(C)CC1(C)C. The molecule has 5 aromatic carbocycles. The normalized spacial score (nSPS) is 18.6. The van der Waals surface area contributed by atoms with E-state index in [1.807, 2.05) is 49.5 Å². The number of hydrogen-bond donors (Lipinski definition) is 3. The number of allylic oxidation sites excluding steroid dienone is 3. The fraction of sp³-hybridized carbons (Fsp3) is 0.388. The first kappa shape index (κ1) is 55.7. The lowest BCUT2D eigenvalue weighted by molar-refractivity contribution is -0.121. The predicted octanol–water partition coefficient (Wildman–Crippen LogP) is 11.7. The molecule has 15 nitrogen and oxygen atoms in total. The van der Waals surface area contributed by atoms with Gasteiger partial charge in [-0.05, 0) is 188 Å². The Morgan fingerprint density at radius 3 is 2.32 bits per heavy atom. The number of fused-ring (bicyclic) bond motifs is 4. The molecule has 5 aliphatic rings. The van der Waals surface area contributed by atoms with Gasteiger partial charge in [-0.2, -0.15) is 5.11 Å². The zero-order chi connectivity index (χ0) is 57.5. The van der Waals surface area contributed by atoms with E-state index >= 15 is 0 Å². The number of aromatic nitrogens is 4. The number of likely N-dealkylation sites (tertiary alicyclic amines) is 1. The number of amides is 3. The second-order valence-electron chi connectivity index (χ2n) is 24.0. The predicted molar refractivity (Wildman–Crippen MR) is 322 cm³/mol. The van der Waals surface area contributed by atoms with Gasteiger partial charge in [0.25, 0.3) is 11.8 Å². The molecule has 6 aromatic rings. The lowest BCUT2D eigenvalue weighted by Gasteiger charge is -2.53. The number of nitrogens with one attached hydrogen (secondary N) is 2. The van der Waals surface area contributed by atoms with E-state index in [2.05, 4.69) is 123 Å². The summed E-state index contributed by atoms with van der Waals surface area (Å²) in [6.45, 7) is 20.4. The van der Waals surface area contributed by atoms with Crippen molar-refractivity contribution in [3.05, 3.63) is 182 Å². The summed E-state index contributed by atoms with van der Waals surface area (Å²) in [5, 5.41) is 41.4. The van der Waals surface area contributed by atoms with Crippen LogP contribution >= 0.6 is 0 Å². The molecule has 0 bridgehead atoms. The third kappa shape index (κ3) is 11.0. The molecule has 11 rings (SSSR count). The molecule has 0 spiro atoms. The highest BCUT2D eigenvalue weighted by Crippen LogP contribution is 2.57. The van der Waals surface area contributed by atoms with Crippen molar-refractivity contribution in [2.24, 2.45) is 16.1 Å². The van der Waals surface area contributed by atoms with Crippen LogP contribution in [-0.4, -0.2) is 104 Å². The van der Waals surface area contributed by atoms with Crippen LogP contribution in [-0.2, 0) is 36.0 Å². The summed E-state index contributed by atoms with van der Waals surface area (Å²) in [4.78, 5) is 48.1. The second-order valence-corrected chi connectivity index (χ2v) is 24.0. The van der Waals surface area contributed by atoms with E-state index in [1.165, 1.54) is 50.2 Å². The average Bonchev–Trinajstić information content (AvgIpc) is 3.63. The second kappa shape index (κ2) is 23.0. The van der Waals surface area contributed by atoms with E-state index in [-0.39, 0.29) is 46.9 Å². The summed E-state index contributed by atoms with van der Waals surface area (Å²) in [6, 6.07) is 30.3. The largest absolute Gasteiger partial charge is 0.506 e. The van der Waals surface area contributed by atoms with Gasteiger partial charge in [0.1, 0.15) is 11.4 Å². The minimum absolute atomic E-state index is 0.0354. The number of piperidine rings is 1. The lowest BCUT2D eigenvalue weighted by Crippen LogP contribution is -2.56. The fourth-order valence-electron chi connectivity index (χ4n) is 13.6. The van der Waals surface area contributed by atoms with Gasteiger partial charge >= 0.3 is 0 Å². The number of azo groups is 1. The van der Waals surface area contributed by atoms with Gasteiger partial charge < -0.3 is 25.5 Å². The molecule has 15 heteroatoms. The van der Waals surface area contributed by atoms with E-state index in [0.29, 0.717) is 72.5 Å². The Kier molecular flexibility index (Phi) is 15.6. The molecule has 4 heterocycles. The number of benzene rings is 5. The van der Waals surface area contributed by atoms with Crippen LogP contribution in [0.4, 0.5) is 17.1 Å². The minimum Gasteiger partial charge on any atom is -0.506 e. The number of phenolic OH excluding ortho intramolecular Hbond substituents is 1. The Balaban J connectivity index is 0.708. The number of rotatable bonds is 16. The summed E-state index contributed by atoms with van der Waals surface area (Å²) in [7, 11) is 1.85. The van der Waals surface area contributed by atoms with Crippen LogP contribution in [0.25, 0.3) is 17.0 Å². The van der Waals surface area contributed by atoms with Crippen LogP contribution in [0.15, 0.2) is 136 Å². The van der Waals surface area contributed by atoms with Crippen molar-refractivity contribution in [1.82, 2.24) is 40.8 Å². The van der Waals surface area contributed by atoms with Crippen molar-refractivity contribution in [1.29, 1.82) is 0 Å². The molecule has 3 aliphatic heterocycles. The van der Waals surface area contributed by atoms with Gasteiger partial charge in [0.15, 0.2) is 5.82 Å². The Hall–Kier alpha value is -8.17. The first-order valence-corrected chi connectivity index (χ1v) is 29.3. The maximum absolute atomic E-state index is 14.9. The summed E-state index contributed by atoms with van der Waals surface area (Å²) >= 11 is 0. The topological polar surface area (TPSA) is 181 Å². The summed E-state index contributed by atoms with van der Waals surface area (Å²) in [6.07, 6.45) is 11.9. The van der Waals surface area contributed by atoms with Gasteiger partial charge in [-0.25, -0.2) is 0 Å². The number of phenols is 1. The Morgan fingerprint density at radius 2 is 1.57 bits per heavy atom. The molecule has 3 amide bonds. The summed E-state index contributed by atoms with van der Waals surface area (Å²) < 4.78 is 0. The molecule has 2 unspecified atom stereocenters. The molecule has 2 aliphatic carbocycles. The number of carbonyl (C=O) groups excluding carboxylic acids is 3. The quantitative estimate of drug-likeness (QED) is 0.0789. The molecule has 0 radical (unpaired) electrons. The van der Waals surface area contributed by atoms with Gasteiger partial charge in [-0.15, -0.1) is 25.5 Å². The Bertz CT molecular complexity index is 3580. The zero-order valence-corrected chi connectivity index (χ0v) is 48.6. The third-order valence-electron chi connectivity index (χ3n) is 17.6. The monoisotopic (exact) mass is 1100 g/mol. The van der Waals surface area contributed by atoms with Crippen LogP contribution in [0.1, 0.15) is 139 Å². The van der Waals surface area contributed by atoms with Gasteiger partial charge in [0.2, 0.25) is 11.7 Å². The molecule has 1 saturated heterocycles. The maximum Gasteiger partial charge on any atom is 0.254 e. The number of likely N-dealkylation sites (N-methyl/N-ethyl adjacent to an activating group) is 1. The first-order chi connectivity index (χ1) is 39.5. The molecule has 0 saturated carbocycles. The van der Waals surface area contributed by atoms with E-state index in [4.69, 9.17) is 0 Å². The number of hydrogen-bond acceptors (Lipinski definition) is 12. The van der Waals surface area contributed by atoms with Crippen LogP contribution in [0.2, 0.25) is 0 Å². The molecule has 422 valence electrons. The highest BCUT2D eigenvalue weighted by Gasteiger charge is 2.48. The van der Waals surface area contributed by atoms with Crippen molar-refractivity contribution in [2.45, 2.75) is 123 Å². The average molecular weight is 1100 g/mol. The zero-order valence-electron chi connectivity index (χ0n) is 48.6. The van der Waals surface area contributed by atoms with Crippen LogP contribution in [0.3, 0.4) is 0 Å². The number of aromatic hydroxyl groups is 1. The highest BCUT2D eigenvalue weighted by molar-refractivity contribution is 6.04. The lowest BCUT2D eigenvalue weighted by atomic mass is 9.59. The summed E-state index contributed by atoms with van der Waals surface area (Å²) in [5.41, 5.74) is 17.6. The van der Waals surface area contributed by atoms with E-state index < -0.39 is 0 Å². The van der Waals surface area contributed by atoms with Crippen molar-refractivity contribution in [3.8, 4) is 17.1 Å². The maximum atomic E-state index is 14.9. The minimum atomic E-state index is -0.254. The van der Waals surface area contributed by atoms with Gasteiger partial charge in [-0.1, -0.05) is 88.4 Å². The molecule has 3 N–H and O–H groups in total. The number of anilines is 1. The number of carbonyl (C=O) groups is 3. The van der Waals surface area contributed by atoms with E-state index in [0.717, 1.165) is 74.0 Å². The van der Waals surface area contributed by atoms with Gasteiger partial charge in [0.05, 0.1) is 11.7 Å². The molecular weight excluding hydrogens is 1020 g/mol. The van der Waals surface area contributed by atoms with Crippen molar-refractivity contribution in [3.63, 3.8) is 0 Å². The van der Waals surface area contributed by atoms with Crippen molar-refractivity contribution >= 4 is 40.4 Å². The standard InChI is InChI=1S/C67H75N11O4/c1-9-78-57-38-55-53(37-52(57)41(2)39-66(78,4)5)60(54-36-47-15-12-33-77-34-13-18-51(62(47)77)61(54)67(55,6)7)49-16-10-11-17-50(49)65(82)76(8)32-14-19-59(80)68-31-30-43-22-29-56(58(79)35-43)73-72-48-27-25-46(26-28-48)64(81)69-40-44-20-23-45(24-21-44)63-74-70-42(3)71-75-63/h10-11,16-17,20-29,35-38,41,57,79H,9,12-15,18-19,30-34,39-40H2,1-8H3,(H,68,80)(H,69,81).